The molecule has 5 N–H and O–H groups in total. The van der Waals surface area contributed by atoms with Gasteiger partial charge in [-0.25, -0.2) is 24.2 Å². The zero-order chi connectivity index (χ0) is 20.6. The Labute approximate surface area is 162 Å². The molecule has 1 aliphatic rings. The Bertz CT molecular complexity index is 1030. The summed E-state index contributed by atoms with van der Waals surface area (Å²) < 4.78 is 47.4. The fourth-order valence-corrected chi connectivity index (χ4v) is 3.78. The van der Waals surface area contributed by atoms with Gasteiger partial charge in [-0.05, 0) is 6.92 Å². The molecule has 0 radical (unpaired) electrons. The normalized spacial score (nSPS) is 26.4. The molecule has 0 amide bonds. The first-order valence-corrected chi connectivity index (χ1v) is 10.2. The number of aromatic nitrogens is 4. The Morgan fingerprint density at radius 2 is 2.29 bits per heavy atom. The monoisotopic (exact) mass is 433 g/mol. The number of aliphatic hydroxyl groups is 1. The third kappa shape index (κ3) is 4.01. The van der Waals surface area contributed by atoms with Crippen molar-refractivity contribution in [3.8, 4) is 6.07 Å². The van der Waals surface area contributed by atoms with Gasteiger partial charge in [-0.15, -0.1) is 0 Å². The minimum Gasteiger partial charge on any atom is -0.387 e. The molecule has 28 heavy (non-hydrogen) atoms. The molecule has 0 saturated carbocycles. The minimum absolute atomic E-state index is 0.0759. The van der Waals surface area contributed by atoms with E-state index in [0.29, 0.717) is 5.39 Å². The molecule has 1 unspecified atom stereocenters. The molecule has 0 aromatic carbocycles. The van der Waals surface area contributed by atoms with Gasteiger partial charge in [0.25, 0.3) is 0 Å². The summed E-state index contributed by atoms with van der Waals surface area (Å²) in [7, 11) is -4.29. The van der Waals surface area contributed by atoms with Crippen molar-refractivity contribution >= 4 is 38.9 Å². The number of nitrogens with zero attached hydrogens (tertiary/aromatic N) is 5. The van der Waals surface area contributed by atoms with Crippen molar-refractivity contribution in [3.05, 3.63) is 6.33 Å². The van der Waals surface area contributed by atoms with Crippen LogP contribution in [0.4, 0.5) is 10.2 Å². The zero-order valence-corrected chi connectivity index (χ0v) is 16.0. The average molecular weight is 433 g/mol. The van der Waals surface area contributed by atoms with Crippen LogP contribution in [0.15, 0.2) is 11.4 Å². The predicted octanol–water partition coefficient (Wildman–Crippen LogP) is -0.771. The smallest absolute Gasteiger partial charge is 0.333 e. The summed E-state index contributed by atoms with van der Waals surface area (Å²) in [4.78, 5) is 7.93. The van der Waals surface area contributed by atoms with Crippen LogP contribution in [0.3, 0.4) is 0 Å². The molecule has 1 aliphatic heterocycles. The first-order chi connectivity index (χ1) is 13.1. The number of nitrogens with two attached hydrogens (primary N) is 2. The van der Waals surface area contributed by atoms with E-state index in [1.54, 1.807) is 6.92 Å². The van der Waals surface area contributed by atoms with E-state index in [-0.39, 0.29) is 16.5 Å². The third-order valence-corrected chi connectivity index (χ3v) is 5.32. The van der Waals surface area contributed by atoms with Crippen molar-refractivity contribution in [2.75, 3.05) is 12.3 Å². The maximum atomic E-state index is 14.7. The van der Waals surface area contributed by atoms with Crippen molar-refractivity contribution in [2.45, 2.75) is 41.8 Å². The highest BCUT2D eigenvalue weighted by molar-refractivity contribution is 8.00. The number of thioether (sulfide) groups is 1. The summed E-state index contributed by atoms with van der Waals surface area (Å²) in [6.07, 6.45) is -5.27. The molecule has 5 atom stereocenters. The Morgan fingerprint density at radius 1 is 1.57 bits per heavy atom. The molecule has 0 aliphatic carbocycles. The summed E-state index contributed by atoms with van der Waals surface area (Å²) in [5.41, 5.74) is 6.02. The number of fused-ring (bicyclic) bond motifs is 1. The number of aliphatic hydroxyl groups excluding tert-OH is 1. The number of hydrogen-bond donors (Lipinski definition) is 3. The van der Waals surface area contributed by atoms with Gasteiger partial charge in [-0.1, -0.05) is 11.8 Å². The van der Waals surface area contributed by atoms with Gasteiger partial charge in [-0.2, -0.15) is 18.8 Å². The average Bonchev–Trinajstić information content (AvgIpc) is 3.12. The third-order valence-electron chi connectivity index (χ3n) is 3.89. The standard InChI is InChI=1S/C13H16FN7O5S2/c1-5(2-15)27-12-7-10(16)18-4-19-11(7)21(20-12)13-8(14)9(22)6(26-13)3-25-28(17,23)24/h4-6,8-9,13,22H,3H2,1H3,(H2,16,18,19)(H2,17,23,24)/t5?,6-,8+,9-,13-/m1/s1. The van der Waals surface area contributed by atoms with Crippen molar-refractivity contribution < 1.29 is 26.8 Å². The summed E-state index contributed by atoms with van der Waals surface area (Å²) in [6.45, 7) is 0.963. The highest BCUT2D eigenvalue weighted by atomic mass is 32.2. The molecule has 2 aromatic rings. The molecule has 0 bridgehead atoms. The summed E-state index contributed by atoms with van der Waals surface area (Å²) in [6, 6.07) is 2.03. The fraction of sp³-hybridized carbons (Fsp3) is 0.538. The Kier molecular flexibility index (Phi) is 5.70. The number of rotatable bonds is 6. The Hall–Kier alpha value is -2.09. The van der Waals surface area contributed by atoms with Crippen molar-refractivity contribution in [1.82, 2.24) is 19.7 Å². The van der Waals surface area contributed by atoms with Gasteiger partial charge in [0, 0.05) is 0 Å². The Morgan fingerprint density at radius 3 is 2.93 bits per heavy atom. The van der Waals surface area contributed by atoms with Gasteiger partial charge in [0.1, 0.15) is 29.4 Å². The number of anilines is 1. The van der Waals surface area contributed by atoms with Crippen LogP contribution in [0, 0.1) is 11.3 Å². The largest absolute Gasteiger partial charge is 0.387 e. The lowest BCUT2D eigenvalue weighted by molar-refractivity contribution is -0.0456. The molecule has 2 aromatic heterocycles. The molecule has 1 fully saturated rings. The lowest BCUT2D eigenvalue weighted by atomic mass is 10.1. The number of ether oxygens (including phenoxy) is 1. The van der Waals surface area contributed by atoms with Crippen molar-refractivity contribution in [3.63, 3.8) is 0 Å². The van der Waals surface area contributed by atoms with Crippen LogP contribution in [0.25, 0.3) is 11.0 Å². The van der Waals surface area contributed by atoms with Crippen LogP contribution in [0.2, 0.25) is 0 Å². The number of hydrogen-bond acceptors (Lipinski definition) is 11. The molecular weight excluding hydrogens is 417 g/mol. The van der Waals surface area contributed by atoms with Crippen LogP contribution in [0.5, 0.6) is 0 Å². The van der Waals surface area contributed by atoms with Crippen LogP contribution in [-0.4, -0.2) is 63.5 Å². The summed E-state index contributed by atoms with van der Waals surface area (Å²) >= 11 is 1.07. The van der Waals surface area contributed by atoms with Gasteiger partial charge >= 0.3 is 10.3 Å². The summed E-state index contributed by atoms with van der Waals surface area (Å²) in [5.74, 6) is 0.0759. The molecule has 3 heterocycles. The molecule has 3 rings (SSSR count). The number of nitrogen functional groups attached to an aromatic ring is 1. The van der Waals surface area contributed by atoms with E-state index in [9.17, 15) is 17.9 Å². The second-order valence-corrected chi connectivity index (χ2v) is 8.42. The van der Waals surface area contributed by atoms with E-state index in [1.165, 1.54) is 0 Å². The maximum Gasteiger partial charge on any atom is 0.333 e. The van der Waals surface area contributed by atoms with Crippen molar-refractivity contribution in [1.29, 1.82) is 5.26 Å². The minimum atomic E-state index is -4.29. The van der Waals surface area contributed by atoms with Crippen LogP contribution in [0.1, 0.15) is 13.2 Å². The van der Waals surface area contributed by atoms with Gasteiger partial charge in [0.2, 0.25) is 0 Å². The van der Waals surface area contributed by atoms with Gasteiger partial charge in [-0.3, -0.25) is 4.18 Å². The maximum absolute atomic E-state index is 14.7. The first kappa shape index (κ1) is 20.6. The van der Waals surface area contributed by atoms with E-state index in [0.717, 1.165) is 22.8 Å². The molecule has 12 nitrogen and oxygen atoms in total. The summed E-state index contributed by atoms with van der Waals surface area (Å²) in [5, 5.41) is 28.2. The topological polar surface area (TPSA) is 192 Å². The van der Waals surface area contributed by atoms with Gasteiger partial charge < -0.3 is 15.6 Å². The van der Waals surface area contributed by atoms with Crippen LogP contribution in [-0.2, 0) is 19.2 Å². The van der Waals surface area contributed by atoms with E-state index in [1.807, 2.05) is 6.07 Å². The van der Waals surface area contributed by atoms with Crippen LogP contribution < -0.4 is 10.9 Å². The highest BCUT2D eigenvalue weighted by Gasteiger charge is 2.47. The quantitative estimate of drug-likeness (QED) is 0.484. The molecular formula is C13H16FN7O5S2. The zero-order valence-electron chi connectivity index (χ0n) is 14.3. The van der Waals surface area contributed by atoms with E-state index in [2.05, 4.69) is 19.2 Å². The number of alkyl halides is 1. The molecule has 152 valence electrons. The predicted molar refractivity (Wildman–Crippen MR) is 94.5 cm³/mol. The number of nitriles is 1. The lowest BCUT2D eigenvalue weighted by Crippen LogP contribution is -2.33. The fourth-order valence-electron chi connectivity index (χ4n) is 2.62. The Balaban J connectivity index is 1.97. The first-order valence-electron chi connectivity index (χ1n) is 7.82. The van der Waals surface area contributed by atoms with Crippen LogP contribution >= 0.6 is 11.8 Å². The van der Waals surface area contributed by atoms with Crippen molar-refractivity contribution in [2.24, 2.45) is 5.14 Å². The number of halogens is 1. The SMILES string of the molecule is CC(C#N)Sc1nn([C@@H]2O[C@H](COS(N)(=O)=O)[C@@H](O)[C@@H]2F)c2ncnc(N)c12. The lowest BCUT2D eigenvalue weighted by Gasteiger charge is -2.14. The van der Waals surface area contributed by atoms with E-state index >= 15 is 0 Å². The highest BCUT2D eigenvalue weighted by Crippen LogP contribution is 2.38. The van der Waals surface area contributed by atoms with E-state index in [4.69, 9.17) is 20.9 Å². The molecule has 0 spiro atoms. The van der Waals surface area contributed by atoms with Gasteiger partial charge in [0.15, 0.2) is 18.0 Å². The van der Waals surface area contributed by atoms with E-state index < -0.39 is 46.8 Å². The molecule has 15 heteroatoms. The second-order valence-electron chi connectivity index (χ2n) is 5.87. The molecule has 1 saturated heterocycles. The van der Waals surface area contributed by atoms with Gasteiger partial charge in [0.05, 0.1) is 23.3 Å². The second kappa shape index (κ2) is 7.73.